The number of aryl methyl sites for hydroxylation is 1. The second-order valence-electron chi connectivity index (χ2n) is 4.48. The first-order valence-corrected chi connectivity index (χ1v) is 6.17. The van der Waals surface area contributed by atoms with Gasteiger partial charge < -0.3 is 14.6 Å². The van der Waals surface area contributed by atoms with E-state index >= 15 is 0 Å². The van der Waals surface area contributed by atoms with Gasteiger partial charge in [-0.2, -0.15) is 0 Å². The number of nitrogens with one attached hydrogen (secondary N) is 1. The lowest BCUT2D eigenvalue weighted by Crippen LogP contribution is -2.14. The number of methoxy groups -OCH3 is 1. The number of hydrogen-bond acceptors (Lipinski definition) is 3. The summed E-state index contributed by atoms with van der Waals surface area (Å²) in [6, 6.07) is 8.48. The average molecular weight is 272 g/mol. The second-order valence-corrected chi connectivity index (χ2v) is 4.48. The third-order valence-electron chi connectivity index (χ3n) is 2.85. The highest BCUT2D eigenvalue weighted by Crippen LogP contribution is 2.11. The zero-order valence-corrected chi connectivity index (χ0v) is 11.4. The van der Waals surface area contributed by atoms with Gasteiger partial charge in [-0.15, -0.1) is 0 Å². The summed E-state index contributed by atoms with van der Waals surface area (Å²) >= 11 is 0. The molecule has 1 aromatic carbocycles. The van der Waals surface area contributed by atoms with E-state index < -0.39 is 5.97 Å². The van der Waals surface area contributed by atoms with Crippen molar-refractivity contribution in [3.63, 3.8) is 0 Å². The summed E-state index contributed by atoms with van der Waals surface area (Å²) in [7, 11) is 3.24. The molecule has 1 heterocycles. The van der Waals surface area contributed by atoms with E-state index in [4.69, 9.17) is 0 Å². The number of carbonyl (C=O) groups excluding carboxylic acids is 2. The highest BCUT2D eigenvalue weighted by Gasteiger charge is 2.07. The summed E-state index contributed by atoms with van der Waals surface area (Å²) in [6.07, 6.45) is 4.12. The smallest absolute Gasteiger partial charge is 0.337 e. The van der Waals surface area contributed by atoms with Crippen LogP contribution in [0, 0.1) is 0 Å². The van der Waals surface area contributed by atoms with Crippen LogP contribution in [0.1, 0.15) is 15.9 Å². The molecule has 104 valence electrons. The van der Waals surface area contributed by atoms with Crippen molar-refractivity contribution in [3.05, 3.63) is 53.9 Å². The summed E-state index contributed by atoms with van der Waals surface area (Å²) in [5, 5.41) is 2.78. The fourth-order valence-electron chi connectivity index (χ4n) is 1.86. The number of benzene rings is 1. The van der Waals surface area contributed by atoms with E-state index in [0.717, 1.165) is 5.56 Å². The molecule has 0 saturated heterocycles. The summed E-state index contributed by atoms with van der Waals surface area (Å²) in [6.45, 7) is 0. The SMILES string of the molecule is COC(=O)c1ccc(NC(=O)Cc2ccn(C)c2)cc1. The molecule has 1 N–H and O–H groups in total. The van der Waals surface area contributed by atoms with Crippen LogP contribution in [-0.4, -0.2) is 23.6 Å². The van der Waals surface area contributed by atoms with Crippen LogP contribution in [0.15, 0.2) is 42.7 Å². The van der Waals surface area contributed by atoms with Crippen LogP contribution in [-0.2, 0) is 23.0 Å². The minimum atomic E-state index is -0.396. The maximum atomic E-state index is 11.9. The molecule has 0 unspecified atom stereocenters. The van der Waals surface area contributed by atoms with Crippen molar-refractivity contribution in [2.75, 3.05) is 12.4 Å². The molecule has 1 aromatic heterocycles. The van der Waals surface area contributed by atoms with Crippen LogP contribution < -0.4 is 5.32 Å². The van der Waals surface area contributed by atoms with Crippen molar-refractivity contribution in [1.82, 2.24) is 4.57 Å². The van der Waals surface area contributed by atoms with E-state index in [0.29, 0.717) is 17.7 Å². The highest BCUT2D eigenvalue weighted by atomic mass is 16.5. The van der Waals surface area contributed by atoms with Crippen molar-refractivity contribution in [2.24, 2.45) is 7.05 Å². The summed E-state index contributed by atoms with van der Waals surface area (Å²) in [5.74, 6) is -0.491. The standard InChI is InChI=1S/C15H16N2O3/c1-17-8-7-11(10-17)9-14(18)16-13-5-3-12(4-6-13)15(19)20-2/h3-8,10H,9H2,1-2H3,(H,16,18). The van der Waals surface area contributed by atoms with Crippen molar-refractivity contribution < 1.29 is 14.3 Å². The lowest BCUT2D eigenvalue weighted by Gasteiger charge is -2.05. The normalized spacial score (nSPS) is 10.1. The van der Waals surface area contributed by atoms with E-state index in [2.05, 4.69) is 10.1 Å². The Hall–Kier alpha value is -2.56. The van der Waals surface area contributed by atoms with Crippen LogP contribution in [0.5, 0.6) is 0 Å². The molecule has 2 rings (SSSR count). The van der Waals surface area contributed by atoms with Gasteiger partial charge in [-0.05, 0) is 35.9 Å². The number of carbonyl (C=O) groups is 2. The zero-order chi connectivity index (χ0) is 14.5. The van der Waals surface area contributed by atoms with E-state index in [1.165, 1.54) is 7.11 Å². The molecule has 0 aliphatic heterocycles. The van der Waals surface area contributed by atoms with Gasteiger partial charge in [0.2, 0.25) is 5.91 Å². The second kappa shape index (κ2) is 6.06. The Labute approximate surface area is 117 Å². The minimum Gasteiger partial charge on any atom is -0.465 e. The number of rotatable bonds is 4. The first-order chi connectivity index (χ1) is 9.58. The molecule has 0 fully saturated rings. The molecule has 0 atom stereocenters. The third kappa shape index (κ3) is 3.47. The van der Waals surface area contributed by atoms with Crippen molar-refractivity contribution in [1.29, 1.82) is 0 Å². The average Bonchev–Trinajstić information content (AvgIpc) is 2.84. The molecule has 5 heteroatoms. The van der Waals surface area contributed by atoms with Gasteiger partial charge in [0.1, 0.15) is 0 Å². The monoisotopic (exact) mass is 272 g/mol. The molecule has 5 nitrogen and oxygen atoms in total. The number of nitrogens with zero attached hydrogens (tertiary/aromatic N) is 1. The number of ether oxygens (including phenoxy) is 1. The molecular formula is C15H16N2O3. The van der Waals surface area contributed by atoms with Gasteiger partial charge >= 0.3 is 5.97 Å². The Bertz CT molecular complexity index is 614. The largest absolute Gasteiger partial charge is 0.465 e. The number of amides is 1. The molecular weight excluding hydrogens is 256 g/mol. The Morgan fingerprint density at radius 1 is 1.20 bits per heavy atom. The van der Waals surface area contributed by atoms with Crippen LogP contribution in [0.25, 0.3) is 0 Å². The maximum Gasteiger partial charge on any atom is 0.337 e. The summed E-state index contributed by atoms with van der Waals surface area (Å²) in [4.78, 5) is 23.1. The Balaban J connectivity index is 1.96. The van der Waals surface area contributed by atoms with Gasteiger partial charge in [0, 0.05) is 25.1 Å². The highest BCUT2D eigenvalue weighted by molar-refractivity contribution is 5.93. The van der Waals surface area contributed by atoms with Gasteiger partial charge in [0.15, 0.2) is 0 Å². The number of esters is 1. The molecule has 0 radical (unpaired) electrons. The van der Waals surface area contributed by atoms with Crippen molar-refractivity contribution >= 4 is 17.6 Å². The first-order valence-electron chi connectivity index (χ1n) is 6.17. The molecule has 0 bridgehead atoms. The topological polar surface area (TPSA) is 60.3 Å². The lowest BCUT2D eigenvalue weighted by molar-refractivity contribution is -0.115. The van der Waals surface area contributed by atoms with Gasteiger partial charge in [-0.1, -0.05) is 0 Å². The predicted octanol–water partition coefficient (Wildman–Crippen LogP) is 1.99. The maximum absolute atomic E-state index is 11.9. The minimum absolute atomic E-state index is 0.0954. The first kappa shape index (κ1) is 13.9. The molecule has 2 aromatic rings. The van der Waals surface area contributed by atoms with Crippen LogP contribution in [0.3, 0.4) is 0 Å². The lowest BCUT2D eigenvalue weighted by atomic mass is 10.2. The number of anilines is 1. The quantitative estimate of drug-likeness (QED) is 0.866. The van der Waals surface area contributed by atoms with E-state index in [1.807, 2.05) is 30.1 Å². The van der Waals surface area contributed by atoms with Gasteiger partial charge in [0.05, 0.1) is 19.1 Å². The molecule has 0 spiro atoms. The molecule has 20 heavy (non-hydrogen) atoms. The number of aromatic nitrogens is 1. The van der Waals surface area contributed by atoms with E-state index in [-0.39, 0.29) is 5.91 Å². The van der Waals surface area contributed by atoms with Gasteiger partial charge in [0.25, 0.3) is 0 Å². The summed E-state index contributed by atoms with van der Waals surface area (Å²) < 4.78 is 6.51. The van der Waals surface area contributed by atoms with Gasteiger partial charge in [-0.25, -0.2) is 4.79 Å². The third-order valence-corrected chi connectivity index (χ3v) is 2.85. The Kier molecular flexibility index (Phi) is 4.20. The van der Waals surface area contributed by atoms with Crippen LogP contribution in [0.2, 0.25) is 0 Å². The molecule has 0 aliphatic rings. The number of hydrogen-bond donors (Lipinski definition) is 1. The van der Waals surface area contributed by atoms with Gasteiger partial charge in [-0.3, -0.25) is 4.79 Å². The van der Waals surface area contributed by atoms with E-state index in [1.54, 1.807) is 24.3 Å². The fourth-order valence-corrected chi connectivity index (χ4v) is 1.86. The van der Waals surface area contributed by atoms with E-state index in [9.17, 15) is 9.59 Å². The van der Waals surface area contributed by atoms with Crippen molar-refractivity contribution in [3.8, 4) is 0 Å². The predicted molar refractivity (Wildman–Crippen MR) is 75.5 cm³/mol. The summed E-state index contributed by atoms with van der Waals surface area (Å²) in [5.41, 5.74) is 2.06. The zero-order valence-electron chi connectivity index (χ0n) is 11.4. The van der Waals surface area contributed by atoms with Crippen LogP contribution >= 0.6 is 0 Å². The molecule has 0 aliphatic carbocycles. The fraction of sp³-hybridized carbons (Fsp3) is 0.200. The Morgan fingerprint density at radius 3 is 2.45 bits per heavy atom. The molecule has 0 saturated carbocycles. The Morgan fingerprint density at radius 2 is 1.90 bits per heavy atom. The molecule has 1 amide bonds. The van der Waals surface area contributed by atoms with Crippen molar-refractivity contribution in [2.45, 2.75) is 6.42 Å². The van der Waals surface area contributed by atoms with Crippen LogP contribution in [0.4, 0.5) is 5.69 Å².